The molecule has 0 fully saturated rings. The van der Waals surface area contributed by atoms with Gasteiger partial charge in [-0.05, 0) is 33.4 Å². The summed E-state index contributed by atoms with van der Waals surface area (Å²) in [6, 6.07) is 58.8. The molecule has 0 aliphatic rings. The van der Waals surface area contributed by atoms with E-state index in [-0.39, 0.29) is 5.69 Å². The lowest BCUT2D eigenvalue weighted by atomic mass is 9.75. The van der Waals surface area contributed by atoms with Gasteiger partial charge in [-0.1, -0.05) is 182 Å². The molecule has 0 spiro atoms. The minimum Gasteiger partial charge on any atom is -0.393 e. The lowest BCUT2D eigenvalue weighted by molar-refractivity contribution is 0.408. The highest BCUT2D eigenvalue weighted by Crippen LogP contribution is 2.42. The van der Waals surface area contributed by atoms with Crippen LogP contribution < -0.4 is 17.0 Å². The third-order valence-corrected chi connectivity index (χ3v) is 8.96. The van der Waals surface area contributed by atoms with Crippen LogP contribution in [0.2, 0.25) is 0 Å². The third kappa shape index (κ3) is 4.72. The lowest BCUT2D eigenvalue weighted by Crippen LogP contribution is -2.57. The van der Waals surface area contributed by atoms with E-state index >= 15 is 4.79 Å². The number of nitrogens with two attached hydrogens (primary N) is 1. The fourth-order valence-corrected chi connectivity index (χ4v) is 6.99. The maximum absolute atomic E-state index is 15.7. The van der Waals surface area contributed by atoms with Crippen molar-refractivity contribution in [3.8, 4) is 0 Å². The highest BCUT2D eigenvalue weighted by Gasteiger charge is 2.45. The van der Waals surface area contributed by atoms with Crippen LogP contribution in [0.4, 0.5) is 5.69 Å². The number of hydrogen-bond donors (Lipinski definition) is 1. The third-order valence-electron chi connectivity index (χ3n) is 8.96. The quantitative estimate of drug-likeness (QED) is 0.184. The summed E-state index contributed by atoms with van der Waals surface area (Å²) in [6.45, 7) is 0. The summed E-state index contributed by atoms with van der Waals surface area (Å²) in [6.07, 6.45) is 1.51. The van der Waals surface area contributed by atoms with Gasteiger partial charge in [0, 0.05) is 6.20 Å². The molecule has 5 nitrogen and oxygen atoms in total. The van der Waals surface area contributed by atoms with Gasteiger partial charge in [0.05, 0.1) is 0 Å². The molecule has 47 heavy (non-hydrogen) atoms. The predicted octanol–water partition coefficient (Wildman–Crippen LogP) is 7.27. The Morgan fingerprint density at radius 2 is 0.638 bits per heavy atom. The van der Waals surface area contributed by atoms with E-state index in [1.807, 2.05) is 182 Å². The van der Waals surface area contributed by atoms with Crippen molar-refractivity contribution in [3.63, 3.8) is 0 Å². The van der Waals surface area contributed by atoms with Crippen LogP contribution in [-0.4, -0.2) is 9.13 Å². The predicted molar refractivity (Wildman–Crippen MR) is 189 cm³/mol. The largest absolute Gasteiger partial charge is 0.393 e. The zero-order chi connectivity index (χ0) is 32.3. The molecule has 2 N–H and O–H groups in total. The standard InChI is InChI=1S/C42H33N3O2/c43-38-31-44(41(32-19-7-1-8-20-32,33-21-9-2-10-22-33)34-23-11-3-12-24-34)40(47)45(39(38)46)42(35-25-13-4-14-26-35,36-27-15-5-16-28-36)37-29-17-6-18-30-37/h1-31H,43H2. The van der Waals surface area contributed by atoms with Crippen LogP contribution in [0.1, 0.15) is 33.4 Å². The van der Waals surface area contributed by atoms with E-state index in [4.69, 9.17) is 5.73 Å². The van der Waals surface area contributed by atoms with E-state index < -0.39 is 22.3 Å². The SMILES string of the molecule is Nc1cn(C(c2ccccc2)(c2ccccc2)c2ccccc2)c(=O)n(C(c2ccccc2)(c2ccccc2)c2ccccc2)c1=O. The second-order valence-electron chi connectivity index (χ2n) is 11.5. The second-order valence-corrected chi connectivity index (χ2v) is 11.5. The van der Waals surface area contributed by atoms with Gasteiger partial charge in [0.15, 0.2) is 0 Å². The van der Waals surface area contributed by atoms with Crippen LogP contribution in [0.5, 0.6) is 0 Å². The molecule has 0 saturated carbocycles. The molecular weight excluding hydrogens is 578 g/mol. The minimum absolute atomic E-state index is 0.0519. The maximum Gasteiger partial charge on any atom is 0.333 e. The average Bonchev–Trinajstić information content (AvgIpc) is 3.15. The molecule has 0 saturated heterocycles. The molecule has 0 atom stereocenters. The first-order valence-electron chi connectivity index (χ1n) is 15.6. The maximum atomic E-state index is 15.7. The van der Waals surface area contributed by atoms with Gasteiger partial charge in [0.25, 0.3) is 5.56 Å². The molecule has 5 heteroatoms. The van der Waals surface area contributed by atoms with Crippen molar-refractivity contribution in [3.05, 3.63) is 242 Å². The second kappa shape index (κ2) is 12.3. The average molecular weight is 612 g/mol. The number of nitrogen functional groups attached to an aromatic ring is 1. The Morgan fingerprint density at radius 3 is 0.915 bits per heavy atom. The molecule has 228 valence electrons. The zero-order valence-electron chi connectivity index (χ0n) is 25.7. The fourth-order valence-electron chi connectivity index (χ4n) is 6.99. The van der Waals surface area contributed by atoms with E-state index in [2.05, 4.69) is 0 Å². The number of rotatable bonds is 8. The first kappa shape index (κ1) is 29.5. The van der Waals surface area contributed by atoms with Crippen LogP contribution >= 0.6 is 0 Å². The van der Waals surface area contributed by atoms with Crippen LogP contribution in [0.15, 0.2) is 198 Å². The van der Waals surface area contributed by atoms with Gasteiger partial charge in [-0.3, -0.25) is 9.36 Å². The Balaban J connectivity index is 1.72. The van der Waals surface area contributed by atoms with E-state index in [1.54, 1.807) is 4.57 Å². The Hall–Kier alpha value is -6.20. The van der Waals surface area contributed by atoms with Gasteiger partial charge in [0.2, 0.25) is 0 Å². The summed E-state index contributed by atoms with van der Waals surface area (Å²) in [5.74, 6) is 0. The molecule has 0 unspecified atom stereocenters. The molecule has 0 amide bonds. The molecule has 0 bridgehead atoms. The molecule has 7 aromatic rings. The van der Waals surface area contributed by atoms with Crippen LogP contribution in [0.25, 0.3) is 0 Å². The molecule has 0 aliphatic heterocycles. The molecule has 6 aromatic carbocycles. The number of aromatic nitrogens is 2. The highest BCUT2D eigenvalue weighted by molar-refractivity contribution is 5.54. The topological polar surface area (TPSA) is 70.0 Å². The smallest absolute Gasteiger partial charge is 0.333 e. The number of nitrogens with zero attached hydrogens (tertiary/aromatic N) is 2. The van der Waals surface area contributed by atoms with E-state index in [1.165, 1.54) is 10.8 Å². The summed E-state index contributed by atoms with van der Waals surface area (Å²) >= 11 is 0. The van der Waals surface area contributed by atoms with E-state index in [0.717, 1.165) is 33.4 Å². The number of hydrogen-bond acceptors (Lipinski definition) is 3. The van der Waals surface area contributed by atoms with Gasteiger partial charge in [-0.25, -0.2) is 9.36 Å². The summed E-state index contributed by atoms with van der Waals surface area (Å²) in [5.41, 5.74) is 7.82. The first-order valence-corrected chi connectivity index (χ1v) is 15.6. The molecule has 0 aliphatic carbocycles. The van der Waals surface area contributed by atoms with E-state index in [9.17, 15) is 4.79 Å². The van der Waals surface area contributed by atoms with Crippen molar-refractivity contribution < 1.29 is 0 Å². The first-order chi connectivity index (χ1) is 23.1. The molecule has 7 rings (SSSR count). The summed E-state index contributed by atoms with van der Waals surface area (Å²) in [7, 11) is 0. The molecule has 1 aromatic heterocycles. The van der Waals surface area contributed by atoms with Gasteiger partial charge in [-0.15, -0.1) is 0 Å². The Kier molecular flexibility index (Phi) is 7.72. The van der Waals surface area contributed by atoms with Crippen molar-refractivity contribution >= 4 is 5.69 Å². The van der Waals surface area contributed by atoms with Crippen molar-refractivity contribution in [2.75, 3.05) is 5.73 Å². The normalized spacial score (nSPS) is 11.7. The van der Waals surface area contributed by atoms with Crippen LogP contribution in [0.3, 0.4) is 0 Å². The zero-order valence-corrected chi connectivity index (χ0v) is 25.7. The van der Waals surface area contributed by atoms with Gasteiger partial charge in [0.1, 0.15) is 16.8 Å². The van der Waals surface area contributed by atoms with Crippen molar-refractivity contribution in [1.82, 2.24) is 9.13 Å². The van der Waals surface area contributed by atoms with Gasteiger partial charge < -0.3 is 5.73 Å². The molecular formula is C42H33N3O2. The number of benzene rings is 6. The minimum atomic E-state index is -1.37. The Bertz CT molecular complexity index is 2020. The number of anilines is 1. The Morgan fingerprint density at radius 1 is 0.383 bits per heavy atom. The fraction of sp³-hybridized carbons (Fsp3) is 0.0476. The van der Waals surface area contributed by atoms with E-state index in [0.29, 0.717) is 0 Å². The van der Waals surface area contributed by atoms with Crippen LogP contribution in [-0.2, 0) is 11.1 Å². The van der Waals surface area contributed by atoms with Crippen molar-refractivity contribution in [1.29, 1.82) is 0 Å². The van der Waals surface area contributed by atoms with Crippen LogP contribution in [0, 0.1) is 0 Å². The monoisotopic (exact) mass is 611 g/mol. The summed E-state index contributed by atoms with van der Waals surface area (Å²) in [4.78, 5) is 30.4. The van der Waals surface area contributed by atoms with Crippen molar-refractivity contribution in [2.24, 2.45) is 0 Å². The highest BCUT2D eigenvalue weighted by atomic mass is 16.2. The van der Waals surface area contributed by atoms with Gasteiger partial charge in [-0.2, -0.15) is 0 Å². The molecule has 0 radical (unpaired) electrons. The van der Waals surface area contributed by atoms with Crippen molar-refractivity contribution in [2.45, 2.75) is 11.1 Å². The molecule has 1 heterocycles. The summed E-state index contributed by atoms with van der Waals surface area (Å²) in [5, 5.41) is 0. The Labute approximate surface area is 273 Å². The lowest BCUT2D eigenvalue weighted by Gasteiger charge is -2.41. The van der Waals surface area contributed by atoms with Gasteiger partial charge >= 0.3 is 5.69 Å². The summed E-state index contributed by atoms with van der Waals surface area (Å²) < 4.78 is 3.00.